The van der Waals surface area contributed by atoms with Gasteiger partial charge in [-0.25, -0.2) is 0 Å². The Hall–Kier alpha value is -1.05. The minimum absolute atomic E-state index is 0.117. The van der Waals surface area contributed by atoms with Crippen LogP contribution in [0, 0.1) is 11.3 Å². The van der Waals surface area contributed by atoms with E-state index in [1.807, 2.05) is 17.5 Å². The molecule has 0 saturated heterocycles. The number of benzene rings is 1. The van der Waals surface area contributed by atoms with Gasteiger partial charge in [0.2, 0.25) is 0 Å². The number of aromatic hydroxyl groups is 1. The number of rotatable bonds is 0. The standard InChI is InChI=1S/C9H4BrNOS/c10-8-7(12)3-5(4-11)6-1-2-13-9(6)8/h1-3,12H. The van der Waals surface area contributed by atoms with Crippen molar-refractivity contribution in [1.82, 2.24) is 0 Å². The minimum atomic E-state index is 0.117. The SMILES string of the molecule is N#Cc1cc(O)c(Br)c2sccc12. The molecule has 0 saturated carbocycles. The lowest BCUT2D eigenvalue weighted by atomic mass is 10.1. The number of fused-ring (bicyclic) bond motifs is 1. The third kappa shape index (κ3) is 1.21. The fraction of sp³-hybridized carbons (Fsp3) is 0. The summed E-state index contributed by atoms with van der Waals surface area (Å²) in [6.07, 6.45) is 0. The van der Waals surface area contributed by atoms with Crippen molar-refractivity contribution < 1.29 is 5.11 Å². The lowest BCUT2D eigenvalue weighted by molar-refractivity contribution is 0.473. The molecule has 2 rings (SSSR count). The van der Waals surface area contributed by atoms with Gasteiger partial charge >= 0.3 is 0 Å². The van der Waals surface area contributed by atoms with E-state index >= 15 is 0 Å². The topological polar surface area (TPSA) is 44.0 Å². The summed E-state index contributed by atoms with van der Waals surface area (Å²) in [6, 6.07) is 5.40. The highest BCUT2D eigenvalue weighted by molar-refractivity contribution is 9.10. The Labute approximate surface area is 87.2 Å². The summed E-state index contributed by atoms with van der Waals surface area (Å²) in [7, 11) is 0. The second-order valence-corrected chi connectivity index (χ2v) is 4.24. The number of hydrogen-bond acceptors (Lipinski definition) is 3. The molecule has 0 fully saturated rings. The Kier molecular flexibility index (Phi) is 1.98. The maximum Gasteiger partial charge on any atom is 0.132 e. The molecule has 0 amide bonds. The first kappa shape index (κ1) is 8.54. The Morgan fingerprint density at radius 3 is 3.00 bits per heavy atom. The zero-order valence-electron chi connectivity index (χ0n) is 6.41. The third-order valence-electron chi connectivity index (χ3n) is 1.78. The van der Waals surface area contributed by atoms with E-state index in [0.29, 0.717) is 10.0 Å². The molecule has 1 aromatic heterocycles. The first-order valence-electron chi connectivity index (χ1n) is 3.53. The van der Waals surface area contributed by atoms with Crippen LogP contribution in [0.3, 0.4) is 0 Å². The second kappa shape index (κ2) is 3.02. The van der Waals surface area contributed by atoms with E-state index in [2.05, 4.69) is 15.9 Å². The number of hydrogen-bond donors (Lipinski definition) is 1. The van der Waals surface area contributed by atoms with Crippen LogP contribution in [0.25, 0.3) is 10.1 Å². The lowest BCUT2D eigenvalue weighted by Gasteiger charge is -1.99. The molecule has 0 spiro atoms. The Bertz CT molecular complexity index is 512. The molecule has 0 bridgehead atoms. The molecular weight excluding hydrogens is 250 g/mol. The van der Waals surface area contributed by atoms with Crippen molar-refractivity contribution in [2.24, 2.45) is 0 Å². The quantitative estimate of drug-likeness (QED) is 0.784. The molecule has 0 aliphatic rings. The Balaban J connectivity index is 2.97. The van der Waals surface area contributed by atoms with Gasteiger partial charge in [0.15, 0.2) is 0 Å². The Morgan fingerprint density at radius 2 is 2.31 bits per heavy atom. The van der Waals surface area contributed by atoms with Crippen LogP contribution in [0.5, 0.6) is 5.75 Å². The zero-order chi connectivity index (χ0) is 9.42. The van der Waals surface area contributed by atoms with Crippen LogP contribution in [-0.2, 0) is 0 Å². The Morgan fingerprint density at radius 1 is 1.54 bits per heavy atom. The van der Waals surface area contributed by atoms with Crippen LogP contribution in [0.2, 0.25) is 0 Å². The van der Waals surface area contributed by atoms with E-state index in [4.69, 9.17) is 5.26 Å². The van der Waals surface area contributed by atoms with E-state index in [1.165, 1.54) is 17.4 Å². The van der Waals surface area contributed by atoms with Crippen molar-refractivity contribution >= 4 is 37.4 Å². The van der Waals surface area contributed by atoms with Crippen LogP contribution >= 0.6 is 27.3 Å². The third-order valence-corrected chi connectivity index (χ3v) is 3.78. The van der Waals surface area contributed by atoms with Gasteiger partial charge in [-0.05, 0) is 33.4 Å². The minimum Gasteiger partial charge on any atom is -0.507 e. The van der Waals surface area contributed by atoms with E-state index in [1.54, 1.807) is 0 Å². The molecule has 1 heterocycles. The van der Waals surface area contributed by atoms with Gasteiger partial charge in [-0.1, -0.05) is 0 Å². The van der Waals surface area contributed by atoms with Crippen LogP contribution in [0.15, 0.2) is 22.0 Å². The number of thiophene rings is 1. The molecule has 0 aliphatic carbocycles. The van der Waals surface area contributed by atoms with Crippen molar-refractivity contribution in [3.63, 3.8) is 0 Å². The predicted molar refractivity (Wildman–Crippen MR) is 55.9 cm³/mol. The number of phenols is 1. The maximum atomic E-state index is 9.46. The summed E-state index contributed by atoms with van der Waals surface area (Å²) in [5.74, 6) is 0.117. The summed E-state index contributed by atoms with van der Waals surface area (Å²) in [5, 5.41) is 21.0. The molecule has 1 aromatic carbocycles. The molecule has 1 N–H and O–H groups in total. The fourth-order valence-electron chi connectivity index (χ4n) is 1.18. The molecule has 2 nitrogen and oxygen atoms in total. The van der Waals surface area contributed by atoms with Gasteiger partial charge in [0, 0.05) is 5.39 Å². The summed E-state index contributed by atoms with van der Waals surface area (Å²) < 4.78 is 1.58. The summed E-state index contributed by atoms with van der Waals surface area (Å²) in [5.41, 5.74) is 0.511. The molecule has 64 valence electrons. The highest BCUT2D eigenvalue weighted by Crippen LogP contribution is 2.37. The van der Waals surface area contributed by atoms with Gasteiger partial charge in [-0.2, -0.15) is 5.26 Å². The lowest BCUT2D eigenvalue weighted by Crippen LogP contribution is -1.77. The monoisotopic (exact) mass is 253 g/mol. The molecule has 2 aromatic rings. The van der Waals surface area contributed by atoms with Crippen LogP contribution in [-0.4, -0.2) is 5.11 Å². The molecule has 0 unspecified atom stereocenters. The van der Waals surface area contributed by atoms with Crippen molar-refractivity contribution in [3.8, 4) is 11.8 Å². The molecule has 0 radical (unpaired) electrons. The normalized spacial score (nSPS) is 10.2. The van der Waals surface area contributed by atoms with E-state index < -0.39 is 0 Å². The largest absolute Gasteiger partial charge is 0.507 e. The van der Waals surface area contributed by atoms with Gasteiger partial charge in [0.05, 0.1) is 20.8 Å². The van der Waals surface area contributed by atoms with E-state index in [0.717, 1.165) is 10.1 Å². The second-order valence-electron chi connectivity index (χ2n) is 2.53. The average Bonchev–Trinajstić information content (AvgIpc) is 2.60. The zero-order valence-corrected chi connectivity index (χ0v) is 8.82. The van der Waals surface area contributed by atoms with Gasteiger partial charge < -0.3 is 5.11 Å². The molecule has 0 aliphatic heterocycles. The average molecular weight is 254 g/mol. The maximum absolute atomic E-state index is 9.46. The molecule has 13 heavy (non-hydrogen) atoms. The van der Waals surface area contributed by atoms with Crippen LogP contribution < -0.4 is 0 Å². The predicted octanol–water partition coefficient (Wildman–Crippen LogP) is 3.24. The van der Waals surface area contributed by atoms with Gasteiger partial charge in [0.1, 0.15) is 5.75 Å². The highest BCUT2D eigenvalue weighted by atomic mass is 79.9. The van der Waals surface area contributed by atoms with Gasteiger partial charge in [0.25, 0.3) is 0 Å². The fourth-order valence-corrected chi connectivity index (χ4v) is 2.64. The number of phenolic OH excluding ortho intramolecular Hbond substituents is 1. The van der Waals surface area contributed by atoms with Crippen molar-refractivity contribution in [1.29, 1.82) is 5.26 Å². The summed E-state index contributed by atoms with van der Waals surface area (Å²) >= 11 is 4.77. The number of halogens is 1. The van der Waals surface area contributed by atoms with E-state index in [-0.39, 0.29) is 5.75 Å². The smallest absolute Gasteiger partial charge is 0.132 e. The highest BCUT2D eigenvalue weighted by Gasteiger charge is 2.09. The number of nitriles is 1. The molecule has 4 heteroatoms. The van der Waals surface area contributed by atoms with Crippen molar-refractivity contribution in [2.45, 2.75) is 0 Å². The van der Waals surface area contributed by atoms with Gasteiger partial charge in [-0.3, -0.25) is 0 Å². The summed E-state index contributed by atoms with van der Waals surface area (Å²) in [6.45, 7) is 0. The summed E-state index contributed by atoms with van der Waals surface area (Å²) in [4.78, 5) is 0. The number of nitrogens with zero attached hydrogens (tertiary/aromatic N) is 1. The first-order chi connectivity index (χ1) is 6.24. The van der Waals surface area contributed by atoms with Crippen LogP contribution in [0.4, 0.5) is 0 Å². The van der Waals surface area contributed by atoms with Crippen molar-refractivity contribution in [2.75, 3.05) is 0 Å². The van der Waals surface area contributed by atoms with Crippen molar-refractivity contribution in [3.05, 3.63) is 27.5 Å². The molecular formula is C9H4BrNOS. The molecule has 0 atom stereocenters. The van der Waals surface area contributed by atoms with E-state index in [9.17, 15) is 5.11 Å². The van der Waals surface area contributed by atoms with Crippen LogP contribution in [0.1, 0.15) is 5.56 Å². The first-order valence-corrected chi connectivity index (χ1v) is 5.20. The van der Waals surface area contributed by atoms with Gasteiger partial charge in [-0.15, -0.1) is 11.3 Å².